The van der Waals surface area contributed by atoms with Crippen molar-refractivity contribution in [3.8, 4) is 6.07 Å². The molecule has 1 atom stereocenters. The maximum Gasteiger partial charge on any atom is 0.240 e. The molecule has 2 N–H and O–H groups in total. The second kappa shape index (κ2) is 6.58. The first-order valence-corrected chi connectivity index (χ1v) is 7.63. The van der Waals surface area contributed by atoms with E-state index in [2.05, 4.69) is 11.4 Å². The van der Waals surface area contributed by atoms with Crippen LogP contribution in [0.4, 0.5) is 0 Å². The summed E-state index contributed by atoms with van der Waals surface area (Å²) in [6, 6.07) is 2.23. The highest BCUT2D eigenvalue weighted by Crippen LogP contribution is 2.36. The third-order valence-corrected chi connectivity index (χ3v) is 4.49. The van der Waals surface area contributed by atoms with Crippen molar-refractivity contribution in [1.82, 2.24) is 5.32 Å². The molecule has 0 aromatic carbocycles. The van der Waals surface area contributed by atoms with Crippen molar-refractivity contribution < 1.29 is 9.90 Å². The summed E-state index contributed by atoms with van der Waals surface area (Å²) < 4.78 is 0. The predicted molar refractivity (Wildman–Crippen MR) is 78.8 cm³/mol. The molecule has 0 aliphatic heterocycles. The largest absolute Gasteiger partial charge is 0.392 e. The Labute approximate surface area is 122 Å². The van der Waals surface area contributed by atoms with Crippen molar-refractivity contribution in [2.45, 2.75) is 65.9 Å². The molecule has 1 amide bonds. The van der Waals surface area contributed by atoms with Gasteiger partial charge < -0.3 is 10.4 Å². The first-order valence-electron chi connectivity index (χ1n) is 7.63. The zero-order valence-corrected chi connectivity index (χ0v) is 13.2. The lowest BCUT2D eigenvalue weighted by atomic mass is 9.74. The maximum absolute atomic E-state index is 12.4. The fourth-order valence-corrected chi connectivity index (χ4v) is 3.03. The van der Waals surface area contributed by atoms with Gasteiger partial charge in [-0.1, -0.05) is 47.0 Å². The first kappa shape index (κ1) is 17.0. The monoisotopic (exact) mass is 280 g/mol. The van der Waals surface area contributed by atoms with Gasteiger partial charge in [-0.3, -0.25) is 4.79 Å². The number of nitrogens with zero attached hydrogens (tertiary/aromatic N) is 1. The highest BCUT2D eigenvalue weighted by molar-refractivity contribution is 5.85. The number of nitrogens with one attached hydrogen (secondary N) is 1. The lowest BCUT2D eigenvalue weighted by Gasteiger charge is -2.35. The fraction of sp³-hybridized carbons (Fsp3) is 0.875. The van der Waals surface area contributed by atoms with Gasteiger partial charge in [0, 0.05) is 12.0 Å². The number of amides is 1. The number of carbonyl (C=O) groups excluding carboxylic acids is 1. The topological polar surface area (TPSA) is 73.1 Å². The molecule has 1 aliphatic rings. The summed E-state index contributed by atoms with van der Waals surface area (Å²) >= 11 is 0. The van der Waals surface area contributed by atoms with Crippen molar-refractivity contribution in [3.63, 3.8) is 0 Å². The van der Waals surface area contributed by atoms with Crippen LogP contribution in [0.25, 0.3) is 0 Å². The normalized spacial score (nSPS) is 20.2. The molecule has 0 aromatic heterocycles. The number of aliphatic hydroxyl groups excluding tert-OH is 1. The highest BCUT2D eigenvalue weighted by atomic mass is 16.3. The Morgan fingerprint density at radius 3 is 2.35 bits per heavy atom. The van der Waals surface area contributed by atoms with Gasteiger partial charge in [0.1, 0.15) is 5.41 Å². The van der Waals surface area contributed by atoms with Crippen molar-refractivity contribution in [3.05, 3.63) is 0 Å². The first-order chi connectivity index (χ1) is 9.25. The minimum absolute atomic E-state index is 0.140. The van der Waals surface area contributed by atoms with E-state index < -0.39 is 16.9 Å². The lowest BCUT2D eigenvalue weighted by molar-refractivity contribution is -0.130. The van der Waals surface area contributed by atoms with Crippen LogP contribution in [-0.2, 0) is 4.79 Å². The van der Waals surface area contributed by atoms with E-state index >= 15 is 0 Å². The maximum atomic E-state index is 12.4. The zero-order chi connectivity index (χ0) is 15.4. The molecule has 1 saturated carbocycles. The SMILES string of the molecule is CC(C)C(O)C(C)(C)CNC(=O)C1(C#N)CCCCC1. The van der Waals surface area contributed by atoms with Crippen LogP contribution in [0.3, 0.4) is 0 Å². The van der Waals surface area contributed by atoms with E-state index in [0.29, 0.717) is 19.4 Å². The van der Waals surface area contributed by atoms with E-state index in [4.69, 9.17) is 0 Å². The van der Waals surface area contributed by atoms with E-state index in [1.165, 1.54) is 0 Å². The smallest absolute Gasteiger partial charge is 0.240 e. The van der Waals surface area contributed by atoms with Crippen molar-refractivity contribution in [1.29, 1.82) is 5.26 Å². The van der Waals surface area contributed by atoms with Gasteiger partial charge in [-0.25, -0.2) is 0 Å². The van der Waals surface area contributed by atoms with Gasteiger partial charge in [-0.2, -0.15) is 5.26 Å². The standard InChI is InChI=1S/C16H28N2O2/c1-12(2)13(19)15(3,4)11-18-14(20)16(10-17)8-6-5-7-9-16/h12-13,19H,5-9,11H2,1-4H3,(H,18,20). The summed E-state index contributed by atoms with van der Waals surface area (Å²) in [4.78, 5) is 12.4. The number of hydrogen-bond acceptors (Lipinski definition) is 3. The molecule has 0 heterocycles. The number of hydrogen-bond donors (Lipinski definition) is 2. The van der Waals surface area contributed by atoms with E-state index in [1.807, 2.05) is 27.7 Å². The van der Waals surface area contributed by atoms with Gasteiger partial charge in [0.2, 0.25) is 5.91 Å². The highest BCUT2D eigenvalue weighted by Gasteiger charge is 2.41. The molecule has 0 radical (unpaired) electrons. The van der Waals surface area contributed by atoms with Gasteiger partial charge in [-0.05, 0) is 18.8 Å². The van der Waals surface area contributed by atoms with Crippen LogP contribution in [-0.4, -0.2) is 23.7 Å². The van der Waals surface area contributed by atoms with Gasteiger partial charge in [0.15, 0.2) is 0 Å². The quantitative estimate of drug-likeness (QED) is 0.813. The molecule has 0 spiro atoms. The Kier molecular flexibility index (Phi) is 5.59. The van der Waals surface area contributed by atoms with Crippen LogP contribution >= 0.6 is 0 Å². The Bertz CT molecular complexity index is 376. The molecule has 1 rings (SSSR count). The summed E-state index contributed by atoms with van der Waals surface area (Å²) in [7, 11) is 0. The molecule has 1 unspecified atom stereocenters. The molecule has 1 aliphatic carbocycles. The molecule has 1 fully saturated rings. The fourth-order valence-electron chi connectivity index (χ4n) is 3.03. The summed E-state index contributed by atoms with van der Waals surface area (Å²) in [5.41, 5.74) is -1.24. The molecular weight excluding hydrogens is 252 g/mol. The molecule has 4 heteroatoms. The van der Waals surface area contributed by atoms with Crippen molar-refractivity contribution in [2.75, 3.05) is 6.54 Å². The minimum atomic E-state index is -0.850. The van der Waals surface area contributed by atoms with Crippen LogP contribution in [0.2, 0.25) is 0 Å². The van der Waals surface area contributed by atoms with Crippen LogP contribution < -0.4 is 5.32 Å². The number of carbonyl (C=O) groups is 1. The molecule has 20 heavy (non-hydrogen) atoms. The van der Waals surface area contributed by atoms with Gasteiger partial charge in [0.25, 0.3) is 0 Å². The Morgan fingerprint density at radius 1 is 1.35 bits per heavy atom. The van der Waals surface area contributed by atoms with Crippen LogP contribution in [0.1, 0.15) is 59.8 Å². The van der Waals surface area contributed by atoms with Crippen molar-refractivity contribution >= 4 is 5.91 Å². The van der Waals surface area contributed by atoms with Gasteiger partial charge in [0.05, 0.1) is 12.2 Å². The van der Waals surface area contributed by atoms with Crippen LogP contribution in [0.5, 0.6) is 0 Å². The van der Waals surface area contributed by atoms with Gasteiger partial charge in [-0.15, -0.1) is 0 Å². The minimum Gasteiger partial charge on any atom is -0.392 e. The Morgan fingerprint density at radius 2 is 1.90 bits per heavy atom. The van der Waals surface area contributed by atoms with E-state index in [0.717, 1.165) is 19.3 Å². The summed E-state index contributed by atoms with van der Waals surface area (Å²) in [6.07, 6.45) is 3.82. The summed E-state index contributed by atoms with van der Waals surface area (Å²) in [5.74, 6) is -0.0229. The number of aliphatic hydroxyl groups is 1. The van der Waals surface area contributed by atoms with Gasteiger partial charge >= 0.3 is 0 Å². The predicted octanol–water partition coefficient (Wildman–Crippen LogP) is 2.62. The third kappa shape index (κ3) is 3.73. The molecule has 0 aromatic rings. The summed E-state index contributed by atoms with van der Waals surface area (Å²) in [6.45, 7) is 8.21. The molecule has 0 saturated heterocycles. The third-order valence-electron chi connectivity index (χ3n) is 4.49. The molecule has 0 bridgehead atoms. The van der Waals surface area contributed by atoms with Crippen LogP contribution in [0.15, 0.2) is 0 Å². The van der Waals surface area contributed by atoms with Crippen molar-refractivity contribution in [2.24, 2.45) is 16.7 Å². The number of nitriles is 1. The molecule has 114 valence electrons. The average molecular weight is 280 g/mol. The number of rotatable bonds is 5. The Balaban J connectivity index is 2.64. The zero-order valence-electron chi connectivity index (χ0n) is 13.2. The van der Waals surface area contributed by atoms with E-state index in [1.54, 1.807) is 0 Å². The lowest BCUT2D eigenvalue weighted by Crippen LogP contribution is -2.48. The van der Waals surface area contributed by atoms with E-state index in [9.17, 15) is 15.2 Å². The molecule has 4 nitrogen and oxygen atoms in total. The molecular formula is C16H28N2O2. The second-order valence-electron chi connectivity index (χ2n) is 7.11. The second-order valence-corrected chi connectivity index (χ2v) is 7.11. The average Bonchev–Trinajstić information content (AvgIpc) is 2.44. The van der Waals surface area contributed by atoms with E-state index in [-0.39, 0.29) is 11.8 Å². The Hall–Kier alpha value is -1.08. The van der Waals surface area contributed by atoms with Crippen LogP contribution in [0, 0.1) is 28.1 Å². The summed E-state index contributed by atoms with van der Waals surface area (Å²) in [5, 5.41) is 22.5.